The molecule has 0 aliphatic rings. The summed E-state index contributed by atoms with van der Waals surface area (Å²) >= 11 is 1.18. The van der Waals surface area contributed by atoms with Gasteiger partial charge in [0, 0.05) is 18.6 Å². The Hall–Kier alpha value is -2.47. The van der Waals surface area contributed by atoms with Crippen LogP contribution in [-0.4, -0.2) is 23.3 Å². The Labute approximate surface area is 151 Å². The maximum atomic E-state index is 12.1. The average Bonchev–Trinajstić information content (AvgIpc) is 2.94. The summed E-state index contributed by atoms with van der Waals surface area (Å²) in [5, 5.41) is 3.11. The molecule has 5 nitrogen and oxygen atoms in total. The summed E-state index contributed by atoms with van der Waals surface area (Å²) in [5.74, 6) is 0.403. The molecular formula is C19H22N2O3S. The number of benzene rings is 1. The van der Waals surface area contributed by atoms with Crippen molar-refractivity contribution < 1.29 is 14.3 Å². The van der Waals surface area contributed by atoms with E-state index in [-0.39, 0.29) is 11.7 Å². The van der Waals surface area contributed by atoms with Gasteiger partial charge in [-0.1, -0.05) is 42.9 Å². The lowest BCUT2D eigenvalue weighted by molar-refractivity contribution is -0.111. The highest BCUT2D eigenvalue weighted by atomic mass is 32.1. The molecule has 0 spiro atoms. The number of hydrogen-bond acceptors (Lipinski definition) is 5. The minimum atomic E-state index is -0.299. The van der Waals surface area contributed by atoms with Crippen LogP contribution >= 0.6 is 11.3 Å². The van der Waals surface area contributed by atoms with Gasteiger partial charge in [-0.15, -0.1) is 0 Å². The molecule has 0 bridgehead atoms. The number of Topliss-reactive ketones (excluding diaryl/α,β-unsaturated/α-hetero) is 1. The number of hydrogen-bond donors (Lipinski definition) is 1. The largest absolute Gasteiger partial charge is 0.493 e. The van der Waals surface area contributed by atoms with E-state index in [0.717, 1.165) is 24.2 Å². The minimum Gasteiger partial charge on any atom is -0.493 e. The molecule has 6 heteroatoms. The highest BCUT2D eigenvalue weighted by Gasteiger charge is 2.12. The highest BCUT2D eigenvalue weighted by molar-refractivity contribution is 7.17. The van der Waals surface area contributed by atoms with Crippen molar-refractivity contribution >= 4 is 34.2 Å². The first kappa shape index (κ1) is 18.9. The third-order valence-electron chi connectivity index (χ3n) is 3.44. The van der Waals surface area contributed by atoms with Crippen molar-refractivity contribution in [3.8, 4) is 5.75 Å². The van der Waals surface area contributed by atoms with E-state index in [1.165, 1.54) is 24.3 Å². The van der Waals surface area contributed by atoms with Crippen LogP contribution in [0.4, 0.5) is 5.13 Å². The van der Waals surface area contributed by atoms with Gasteiger partial charge in [-0.2, -0.15) is 0 Å². The zero-order valence-electron chi connectivity index (χ0n) is 14.7. The van der Waals surface area contributed by atoms with E-state index in [2.05, 4.69) is 17.2 Å². The number of ether oxygens (including phenoxy) is 1. The van der Waals surface area contributed by atoms with Crippen molar-refractivity contribution in [1.82, 2.24) is 4.98 Å². The average molecular weight is 358 g/mol. The van der Waals surface area contributed by atoms with E-state index in [1.54, 1.807) is 13.0 Å². The maximum Gasteiger partial charge on any atom is 0.250 e. The molecule has 0 atom stereocenters. The van der Waals surface area contributed by atoms with E-state index in [1.807, 2.05) is 24.3 Å². The molecule has 1 aromatic carbocycles. The second kappa shape index (κ2) is 9.13. The summed E-state index contributed by atoms with van der Waals surface area (Å²) in [6.07, 6.45) is 5.20. The van der Waals surface area contributed by atoms with Gasteiger partial charge in [0.1, 0.15) is 5.75 Å². The van der Waals surface area contributed by atoms with E-state index < -0.39 is 0 Å². The highest BCUT2D eigenvalue weighted by Crippen LogP contribution is 2.23. The molecule has 1 heterocycles. The number of carbonyl (C=O) groups excluding carboxylic acids is 2. The number of unbranched alkanes of at least 4 members (excludes halogenated alkanes) is 1. The van der Waals surface area contributed by atoms with Gasteiger partial charge in [0.25, 0.3) is 0 Å². The Morgan fingerprint density at radius 3 is 2.76 bits per heavy atom. The Bertz CT molecular complexity index is 781. The maximum absolute atomic E-state index is 12.1. The van der Waals surface area contributed by atoms with Gasteiger partial charge in [-0.05, 0) is 25.5 Å². The van der Waals surface area contributed by atoms with Gasteiger partial charge in [0.05, 0.1) is 17.2 Å². The molecule has 0 radical (unpaired) electrons. The van der Waals surface area contributed by atoms with Crippen molar-refractivity contribution in [3.63, 3.8) is 0 Å². The van der Waals surface area contributed by atoms with E-state index in [9.17, 15) is 9.59 Å². The predicted octanol–water partition coefficient (Wildman–Crippen LogP) is 4.48. The number of amides is 1. The Morgan fingerprint density at radius 1 is 1.32 bits per heavy atom. The number of aromatic nitrogens is 1. The standard InChI is InChI=1S/C19H22N2O3S/c1-4-5-12-24-16-9-7-6-8-15(16)10-11-17(23)21-19-20-13(2)18(25-19)14(3)22/h6-11H,4-5,12H2,1-3H3,(H,20,21,23). The van der Waals surface area contributed by atoms with Gasteiger partial charge in [0.15, 0.2) is 10.9 Å². The summed E-state index contributed by atoms with van der Waals surface area (Å²) in [6, 6.07) is 7.58. The van der Waals surface area contributed by atoms with Crippen LogP contribution in [0.5, 0.6) is 5.75 Å². The lowest BCUT2D eigenvalue weighted by atomic mass is 10.2. The molecule has 2 rings (SSSR count). The first-order valence-electron chi connectivity index (χ1n) is 8.20. The number of carbonyl (C=O) groups is 2. The second-order valence-electron chi connectivity index (χ2n) is 5.55. The molecule has 0 fully saturated rings. The smallest absolute Gasteiger partial charge is 0.250 e. The van der Waals surface area contributed by atoms with Crippen molar-refractivity contribution in [2.45, 2.75) is 33.6 Å². The summed E-state index contributed by atoms with van der Waals surface area (Å²) in [5.41, 5.74) is 1.47. The van der Waals surface area contributed by atoms with Crippen molar-refractivity contribution in [2.24, 2.45) is 0 Å². The Kier molecular flexibility index (Phi) is 6.89. The van der Waals surface area contributed by atoms with Crippen LogP contribution in [-0.2, 0) is 4.79 Å². The summed E-state index contributed by atoms with van der Waals surface area (Å²) < 4.78 is 5.74. The molecule has 0 aliphatic carbocycles. The molecule has 1 N–H and O–H groups in total. The number of anilines is 1. The first-order chi connectivity index (χ1) is 12.0. The zero-order valence-corrected chi connectivity index (χ0v) is 15.5. The quantitative estimate of drug-likeness (QED) is 0.429. The molecule has 0 saturated heterocycles. The van der Waals surface area contributed by atoms with Crippen molar-refractivity contribution in [3.05, 3.63) is 46.5 Å². The number of para-hydroxylation sites is 1. The third-order valence-corrected chi connectivity index (χ3v) is 4.61. The number of nitrogens with zero attached hydrogens (tertiary/aromatic N) is 1. The van der Waals surface area contributed by atoms with Crippen LogP contribution in [0.2, 0.25) is 0 Å². The van der Waals surface area contributed by atoms with Gasteiger partial charge in [0.2, 0.25) is 5.91 Å². The van der Waals surface area contributed by atoms with Gasteiger partial charge >= 0.3 is 0 Å². The summed E-state index contributed by atoms with van der Waals surface area (Å²) in [4.78, 5) is 28.3. The fourth-order valence-electron chi connectivity index (χ4n) is 2.17. The number of rotatable bonds is 8. The summed E-state index contributed by atoms with van der Waals surface area (Å²) in [6.45, 7) is 6.00. The van der Waals surface area contributed by atoms with Crippen LogP contribution < -0.4 is 10.1 Å². The van der Waals surface area contributed by atoms with Crippen LogP contribution in [0, 0.1) is 6.92 Å². The fourth-order valence-corrected chi connectivity index (χ4v) is 3.03. The van der Waals surface area contributed by atoms with Gasteiger partial charge < -0.3 is 4.74 Å². The lowest BCUT2D eigenvalue weighted by Crippen LogP contribution is -2.07. The summed E-state index contributed by atoms with van der Waals surface area (Å²) in [7, 11) is 0. The molecule has 2 aromatic rings. The molecular weight excluding hydrogens is 336 g/mol. The topological polar surface area (TPSA) is 68.3 Å². The number of aryl methyl sites for hydroxylation is 1. The van der Waals surface area contributed by atoms with Crippen LogP contribution in [0.15, 0.2) is 30.3 Å². The number of nitrogens with one attached hydrogen (secondary N) is 1. The van der Waals surface area contributed by atoms with Crippen LogP contribution in [0.3, 0.4) is 0 Å². The molecule has 132 valence electrons. The van der Waals surface area contributed by atoms with E-state index >= 15 is 0 Å². The van der Waals surface area contributed by atoms with E-state index in [0.29, 0.717) is 22.3 Å². The first-order valence-corrected chi connectivity index (χ1v) is 9.02. The normalized spacial score (nSPS) is 10.8. The molecule has 25 heavy (non-hydrogen) atoms. The van der Waals surface area contributed by atoms with Crippen molar-refractivity contribution in [2.75, 3.05) is 11.9 Å². The molecule has 0 unspecified atom stereocenters. The van der Waals surface area contributed by atoms with Gasteiger partial charge in [-0.25, -0.2) is 4.98 Å². The van der Waals surface area contributed by atoms with Crippen LogP contribution in [0.1, 0.15) is 47.6 Å². The fraction of sp³-hybridized carbons (Fsp3) is 0.316. The number of thiazole rings is 1. The second-order valence-corrected chi connectivity index (χ2v) is 6.55. The Balaban J connectivity index is 2.03. The monoisotopic (exact) mass is 358 g/mol. The van der Waals surface area contributed by atoms with Crippen LogP contribution in [0.25, 0.3) is 6.08 Å². The Morgan fingerprint density at radius 2 is 2.08 bits per heavy atom. The van der Waals surface area contributed by atoms with Crippen molar-refractivity contribution in [1.29, 1.82) is 0 Å². The molecule has 1 amide bonds. The molecule has 0 aliphatic heterocycles. The SMILES string of the molecule is CCCCOc1ccccc1C=CC(=O)Nc1nc(C)c(C(C)=O)s1. The molecule has 1 aromatic heterocycles. The van der Waals surface area contributed by atoms with Gasteiger partial charge in [-0.3, -0.25) is 14.9 Å². The van der Waals surface area contributed by atoms with E-state index in [4.69, 9.17) is 4.74 Å². The molecule has 0 saturated carbocycles. The predicted molar refractivity (Wildman–Crippen MR) is 101 cm³/mol. The lowest BCUT2D eigenvalue weighted by Gasteiger charge is -2.08. The number of ketones is 1. The minimum absolute atomic E-state index is 0.0517. The third kappa shape index (κ3) is 5.53. The zero-order chi connectivity index (χ0) is 18.2.